The van der Waals surface area contributed by atoms with Crippen molar-refractivity contribution in [1.82, 2.24) is 5.32 Å². The fourth-order valence-corrected chi connectivity index (χ4v) is 4.12. The van der Waals surface area contributed by atoms with Gasteiger partial charge in [-0.05, 0) is 37.7 Å². The Morgan fingerprint density at radius 3 is 2.74 bits per heavy atom. The van der Waals surface area contributed by atoms with Gasteiger partial charge in [-0.25, -0.2) is 0 Å². The summed E-state index contributed by atoms with van der Waals surface area (Å²) < 4.78 is 0. The highest BCUT2D eigenvalue weighted by Gasteiger charge is 2.42. The normalized spacial score (nSPS) is 30.2. The van der Waals surface area contributed by atoms with Gasteiger partial charge in [-0.15, -0.1) is 0 Å². The fourth-order valence-electron chi connectivity index (χ4n) is 2.81. The number of nitriles is 1. The Morgan fingerprint density at radius 2 is 2.05 bits per heavy atom. The lowest BCUT2D eigenvalue weighted by Gasteiger charge is -2.22. The number of hydrogen-bond donors (Lipinski definition) is 1. The minimum atomic E-state index is -0.227. The molecule has 2 unspecified atom stereocenters. The van der Waals surface area contributed by atoms with E-state index in [9.17, 15) is 5.26 Å². The van der Waals surface area contributed by atoms with E-state index in [-0.39, 0.29) is 5.54 Å². The number of benzene rings is 1. The summed E-state index contributed by atoms with van der Waals surface area (Å²) in [5, 5.41) is 13.7. The molecule has 1 aromatic rings. The van der Waals surface area contributed by atoms with Gasteiger partial charge >= 0.3 is 0 Å². The highest BCUT2D eigenvalue weighted by Crippen LogP contribution is 2.39. The molecule has 0 bridgehead atoms. The molecular weight excluding hydrogens is 252 g/mol. The average Bonchev–Trinajstić information content (AvgIpc) is 3.17. The van der Waals surface area contributed by atoms with Crippen LogP contribution in [0.2, 0.25) is 0 Å². The van der Waals surface area contributed by atoms with Crippen molar-refractivity contribution in [2.45, 2.75) is 54.7 Å². The van der Waals surface area contributed by atoms with Crippen LogP contribution < -0.4 is 5.32 Å². The third kappa shape index (κ3) is 3.32. The monoisotopic (exact) mass is 272 g/mol. The van der Waals surface area contributed by atoms with Gasteiger partial charge in [-0.1, -0.05) is 30.3 Å². The molecule has 2 fully saturated rings. The Balaban J connectivity index is 1.52. The van der Waals surface area contributed by atoms with Crippen molar-refractivity contribution in [2.75, 3.05) is 0 Å². The van der Waals surface area contributed by atoms with Gasteiger partial charge in [-0.3, -0.25) is 5.32 Å². The second-order valence-electron chi connectivity index (χ2n) is 5.77. The summed E-state index contributed by atoms with van der Waals surface area (Å²) in [4.78, 5) is 0. The zero-order valence-corrected chi connectivity index (χ0v) is 12.0. The van der Waals surface area contributed by atoms with E-state index in [0.29, 0.717) is 11.3 Å². The van der Waals surface area contributed by atoms with E-state index in [0.717, 1.165) is 18.6 Å². The molecule has 2 atom stereocenters. The molecule has 1 N–H and O–H groups in total. The molecule has 0 heterocycles. The maximum Gasteiger partial charge on any atom is 0.108 e. The van der Waals surface area contributed by atoms with Crippen LogP contribution in [0.15, 0.2) is 30.3 Å². The van der Waals surface area contributed by atoms with E-state index in [4.69, 9.17) is 0 Å². The summed E-state index contributed by atoms with van der Waals surface area (Å²) in [6.45, 7) is 0. The van der Waals surface area contributed by atoms with Gasteiger partial charge in [0.2, 0.25) is 0 Å². The number of rotatable bonds is 5. The lowest BCUT2D eigenvalue weighted by atomic mass is 10.00. The number of nitrogens with one attached hydrogen (secondary N) is 1. The first-order chi connectivity index (χ1) is 9.30. The highest BCUT2D eigenvalue weighted by atomic mass is 32.2. The molecule has 19 heavy (non-hydrogen) atoms. The van der Waals surface area contributed by atoms with Crippen molar-refractivity contribution in [1.29, 1.82) is 5.26 Å². The van der Waals surface area contributed by atoms with Crippen molar-refractivity contribution in [2.24, 2.45) is 0 Å². The van der Waals surface area contributed by atoms with E-state index in [1.165, 1.54) is 24.8 Å². The maximum atomic E-state index is 9.47. The lowest BCUT2D eigenvalue weighted by molar-refractivity contribution is 0.420. The van der Waals surface area contributed by atoms with Gasteiger partial charge in [0, 0.05) is 17.0 Å². The standard InChI is InChI=1S/C16H20N2S/c17-12-16(18-14-6-7-14)9-8-15(10-16)19-11-13-4-2-1-3-5-13/h1-5,14-15,18H,6-11H2. The summed E-state index contributed by atoms with van der Waals surface area (Å²) in [6, 6.07) is 13.8. The van der Waals surface area contributed by atoms with Gasteiger partial charge in [0.25, 0.3) is 0 Å². The van der Waals surface area contributed by atoms with Crippen LogP contribution in [0, 0.1) is 11.3 Å². The largest absolute Gasteiger partial charge is 0.297 e. The zero-order chi connectivity index (χ0) is 13.1. The molecule has 0 saturated heterocycles. The first-order valence-electron chi connectivity index (χ1n) is 7.14. The summed E-state index contributed by atoms with van der Waals surface area (Å²) in [7, 11) is 0. The molecule has 0 aromatic heterocycles. The predicted molar refractivity (Wildman–Crippen MR) is 79.9 cm³/mol. The number of thioether (sulfide) groups is 1. The molecule has 2 nitrogen and oxygen atoms in total. The van der Waals surface area contributed by atoms with Crippen LogP contribution in [0.5, 0.6) is 0 Å². The topological polar surface area (TPSA) is 35.8 Å². The highest BCUT2D eigenvalue weighted by molar-refractivity contribution is 7.99. The van der Waals surface area contributed by atoms with Crippen LogP contribution >= 0.6 is 11.8 Å². The van der Waals surface area contributed by atoms with E-state index < -0.39 is 0 Å². The smallest absolute Gasteiger partial charge is 0.108 e. The molecule has 0 radical (unpaired) electrons. The quantitative estimate of drug-likeness (QED) is 0.891. The van der Waals surface area contributed by atoms with E-state index >= 15 is 0 Å². The average molecular weight is 272 g/mol. The Kier molecular flexibility index (Phi) is 3.81. The van der Waals surface area contributed by atoms with Crippen LogP contribution in [0.1, 0.15) is 37.7 Å². The number of nitrogens with zero attached hydrogens (tertiary/aromatic N) is 1. The minimum Gasteiger partial charge on any atom is -0.297 e. The van der Waals surface area contributed by atoms with Crippen molar-refractivity contribution in [3.63, 3.8) is 0 Å². The van der Waals surface area contributed by atoms with Gasteiger partial charge in [0.1, 0.15) is 5.54 Å². The van der Waals surface area contributed by atoms with E-state index in [2.05, 4.69) is 41.7 Å². The molecule has 100 valence electrons. The zero-order valence-electron chi connectivity index (χ0n) is 11.1. The van der Waals surface area contributed by atoms with Crippen molar-refractivity contribution >= 4 is 11.8 Å². The summed E-state index contributed by atoms with van der Waals surface area (Å²) in [6.07, 6.45) is 5.71. The lowest BCUT2D eigenvalue weighted by Crippen LogP contribution is -2.43. The molecule has 0 aliphatic heterocycles. The van der Waals surface area contributed by atoms with Crippen LogP contribution in [0.3, 0.4) is 0 Å². The van der Waals surface area contributed by atoms with E-state index in [1.807, 2.05) is 11.8 Å². The van der Waals surface area contributed by atoms with Gasteiger partial charge in [0.05, 0.1) is 6.07 Å². The first-order valence-corrected chi connectivity index (χ1v) is 8.19. The van der Waals surface area contributed by atoms with Crippen LogP contribution in [0.4, 0.5) is 0 Å². The van der Waals surface area contributed by atoms with Crippen LogP contribution in [-0.2, 0) is 5.75 Å². The molecule has 2 aliphatic rings. The Morgan fingerprint density at radius 1 is 1.26 bits per heavy atom. The van der Waals surface area contributed by atoms with Gasteiger partial charge in [0.15, 0.2) is 0 Å². The third-order valence-corrected chi connectivity index (χ3v) is 5.44. The fraction of sp³-hybridized carbons (Fsp3) is 0.562. The molecule has 0 amide bonds. The van der Waals surface area contributed by atoms with Crippen molar-refractivity contribution in [3.8, 4) is 6.07 Å². The SMILES string of the molecule is N#CC1(NC2CC2)CCC(SCc2ccccc2)C1. The Labute approximate surface area is 119 Å². The molecule has 3 heteroatoms. The predicted octanol–water partition coefficient (Wildman–Crippen LogP) is 3.49. The van der Waals surface area contributed by atoms with E-state index in [1.54, 1.807) is 0 Å². The minimum absolute atomic E-state index is 0.227. The van der Waals surface area contributed by atoms with Crippen molar-refractivity contribution < 1.29 is 0 Å². The number of hydrogen-bond acceptors (Lipinski definition) is 3. The molecule has 0 spiro atoms. The maximum absolute atomic E-state index is 9.47. The summed E-state index contributed by atoms with van der Waals surface area (Å²) >= 11 is 2.01. The second-order valence-corrected chi connectivity index (χ2v) is 7.06. The second kappa shape index (κ2) is 5.56. The van der Waals surface area contributed by atoms with Gasteiger partial charge < -0.3 is 0 Å². The molecule has 1 aromatic carbocycles. The van der Waals surface area contributed by atoms with Crippen LogP contribution in [-0.4, -0.2) is 16.8 Å². The van der Waals surface area contributed by atoms with Gasteiger partial charge in [-0.2, -0.15) is 17.0 Å². The molecule has 2 aliphatic carbocycles. The summed E-state index contributed by atoms with van der Waals surface area (Å²) in [5.74, 6) is 1.07. The molecule has 2 saturated carbocycles. The Hall–Kier alpha value is -0.980. The molecular formula is C16H20N2S. The molecule has 3 rings (SSSR count). The first kappa shape index (κ1) is 13.0. The third-order valence-electron chi connectivity index (χ3n) is 4.07. The van der Waals surface area contributed by atoms with Crippen molar-refractivity contribution in [3.05, 3.63) is 35.9 Å². The van der Waals surface area contributed by atoms with Crippen LogP contribution in [0.25, 0.3) is 0 Å². The summed E-state index contributed by atoms with van der Waals surface area (Å²) in [5.41, 5.74) is 1.16. The Bertz CT molecular complexity index is 463.